The van der Waals surface area contributed by atoms with E-state index >= 15 is 0 Å². The number of carbonyl (C=O) groups is 1. The summed E-state index contributed by atoms with van der Waals surface area (Å²) in [5, 5.41) is 0. The Morgan fingerprint density at radius 1 is 1.29 bits per heavy atom. The van der Waals surface area contributed by atoms with Gasteiger partial charge in [0.1, 0.15) is 5.82 Å². The van der Waals surface area contributed by atoms with Crippen LogP contribution in [-0.4, -0.2) is 26.1 Å². The van der Waals surface area contributed by atoms with E-state index < -0.39 is 23.1 Å². The number of benzene rings is 2. The monoisotopic (exact) mass is 414 g/mol. The number of hydrogen-bond acceptors (Lipinski definition) is 4. The zero-order valence-electron chi connectivity index (χ0n) is 12.7. The Morgan fingerprint density at radius 3 is 2.62 bits per heavy atom. The second-order valence-corrected chi connectivity index (χ2v) is 6.81. The second kappa shape index (κ2) is 8.48. The zero-order valence-corrected chi connectivity index (χ0v) is 15.1. The van der Waals surface area contributed by atoms with E-state index in [0.29, 0.717) is 0 Å². The van der Waals surface area contributed by atoms with Crippen LogP contribution < -0.4 is 0 Å². The first-order valence-corrected chi connectivity index (χ1v) is 8.68. The van der Waals surface area contributed by atoms with E-state index in [1.54, 1.807) is 18.2 Å². The van der Waals surface area contributed by atoms with E-state index in [0.717, 1.165) is 20.4 Å². The molecule has 2 aromatic carbocycles. The summed E-state index contributed by atoms with van der Waals surface area (Å²) in [6.45, 7) is -0.0380. The molecule has 24 heavy (non-hydrogen) atoms. The van der Waals surface area contributed by atoms with Crippen molar-refractivity contribution < 1.29 is 22.7 Å². The number of ether oxygens (including phenoxy) is 1. The molecule has 0 amide bonds. The summed E-state index contributed by atoms with van der Waals surface area (Å²) in [6, 6.07) is 11.0. The molecule has 5 nitrogen and oxygen atoms in total. The highest BCUT2D eigenvalue weighted by molar-refractivity contribution is 9.10. The maximum atomic E-state index is 14.1. The molecule has 2 aromatic rings. The van der Waals surface area contributed by atoms with Crippen LogP contribution in [0.2, 0.25) is 0 Å². The Balaban J connectivity index is 2.19. The van der Waals surface area contributed by atoms with E-state index in [1.807, 2.05) is 6.07 Å². The standard InChI is InChI=1S/C16H15BrFNO4S/c1-23-16(20)12-5-6-13(15(18)8-12)10-19(24(21)22)9-11-3-2-4-14(17)7-11/h2-8H,9-10H2,1H3,(H,21,22)/p-1. The van der Waals surface area contributed by atoms with Crippen molar-refractivity contribution in [1.82, 2.24) is 4.31 Å². The van der Waals surface area contributed by atoms with Gasteiger partial charge in [-0.3, -0.25) is 4.21 Å². The summed E-state index contributed by atoms with van der Waals surface area (Å²) < 4.78 is 43.5. The van der Waals surface area contributed by atoms with Crippen molar-refractivity contribution in [2.45, 2.75) is 13.1 Å². The minimum Gasteiger partial charge on any atom is -0.760 e. The molecule has 1 unspecified atom stereocenters. The topological polar surface area (TPSA) is 69.7 Å². The van der Waals surface area contributed by atoms with Crippen LogP contribution in [0.5, 0.6) is 0 Å². The van der Waals surface area contributed by atoms with Gasteiger partial charge in [-0.15, -0.1) is 0 Å². The fraction of sp³-hybridized carbons (Fsp3) is 0.188. The van der Waals surface area contributed by atoms with Crippen molar-refractivity contribution >= 4 is 33.2 Å². The smallest absolute Gasteiger partial charge is 0.337 e. The first kappa shape index (κ1) is 18.7. The van der Waals surface area contributed by atoms with Crippen molar-refractivity contribution in [1.29, 1.82) is 0 Å². The maximum Gasteiger partial charge on any atom is 0.337 e. The summed E-state index contributed by atoms with van der Waals surface area (Å²) in [5.41, 5.74) is 1.00. The van der Waals surface area contributed by atoms with Gasteiger partial charge in [0.05, 0.1) is 12.7 Å². The number of halogens is 2. The quantitative estimate of drug-likeness (QED) is 0.537. The second-order valence-electron chi connectivity index (χ2n) is 4.94. The average Bonchev–Trinajstić information content (AvgIpc) is 2.55. The van der Waals surface area contributed by atoms with Gasteiger partial charge in [-0.05, 0) is 29.8 Å². The average molecular weight is 415 g/mol. The van der Waals surface area contributed by atoms with E-state index in [1.165, 1.54) is 19.2 Å². The molecule has 0 N–H and O–H groups in total. The molecule has 0 aliphatic heterocycles. The highest BCUT2D eigenvalue weighted by atomic mass is 79.9. The number of methoxy groups -OCH3 is 1. The van der Waals surface area contributed by atoms with Crippen molar-refractivity contribution in [3.05, 3.63) is 69.4 Å². The summed E-state index contributed by atoms with van der Waals surface area (Å²) in [4.78, 5) is 11.4. The van der Waals surface area contributed by atoms with Crippen LogP contribution in [0.1, 0.15) is 21.5 Å². The lowest BCUT2D eigenvalue weighted by molar-refractivity contribution is 0.0600. The number of esters is 1. The molecule has 0 aromatic heterocycles. The summed E-state index contributed by atoms with van der Waals surface area (Å²) in [5.74, 6) is -1.32. The predicted molar refractivity (Wildman–Crippen MR) is 90.0 cm³/mol. The molecule has 2 rings (SSSR count). The Bertz CT molecular complexity index is 771. The molecule has 0 saturated heterocycles. The molecule has 0 aliphatic rings. The summed E-state index contributed by atoms with van der Waals surface area (Å²) >= 11 is 0.794. The van der Waals surface area contributed by atoms with E-state index in [-0.39, 0.29) is 24.2 Å². The zero-order chi connectivity index (χ0) is 17.7. The third kappa shape index (κ3) is 4.94. The molecular formula is C16H14BrFNO4S-. The van der Waals surface area contributed by atoms with Gasteiger partial charge >= 0.3 is 5.97 Å². The lowest BCUT2D eigenvalue weighted by atomic mass is 10.1. The van der Waals surface area contributed by atoms with Crippen molar-refractivity contribution in [2.24, 2.45) is 0 Å². The maximum absolute atomic E-state index is 14.1. The van der Waals surface area contributed by atoms with Gasteiger partial charge in [-0.1, -0.05) is 34.1 Å². The molecule has 0 bridgehead atoms. The molecule has 0 saturated carbocycles. The molecule has 0 fully saturated rings. The van der Waals surface area contributed by atoms with Crippen LogP contribution in [0.25, 0.3) is 0 Å². The van der Waals surface area contributed by atoms with Crippen LogP contribution in [0.4, 0.5) is 4.39 Å². The van der Waals surface area contributed by atoms with Crippen LogP contribution in [0.3, 0.4) is 0 Å². The number of nitrogens with zero attached hydrogens (tertiary/aromatic N) is 1. The molecule has 0 heterocycles. The molecule has 0 spiro atoms. The van der Waals surface area contributed by atoms with Gasteiger partial charge in [0.15, 0.2) is 0 Å². The van der Waals surface area contributed by atoms with Gasteiger partial charge in [-0.2, -0.15) is 0 Å². The molecule has 128 valence electrons. The highest BCUT2D eigenvalue weighted by Crippen LogP contribution is 2.18. The summed E-state index contributed by atoms with van der Waals surface area (Å²) in [7, 11) is 1.20. The van der Waals surface area contributed by atoms with Gasteiger partial charge in [-0.25, -0.2) is 13.5 Å². The summed E-state index contributed by atoms with van der Waals surface area (Å²) in [6.07, 6.45) is 0. The molecule has 1 atom stereocenters. The number of carbonyl (C=O) groups excluding carboxylic acids is 1. The first-order chi connectivity index (χ1) is 11.4. The predicted octanol–water partition coefficient (Wildman–Crippen LogP) is 3.17. The van der Waals surface area contributed by atoms with Crippen LogP contribution >= 0.6 is 15.9 Å². The fourth-order valence-corrected chi connectivity index (χ4v) is 3.06. The van der Waals surface area contributed by atoms with Gasteiger partial charge in [0.2, 0.25) is 0 Å². The van der Waals surface area contributed by atoms with Gasteiger partial charge in [0.25, 0.3) is 0 Å². The molecular weight excluding hydrogens is 401 g/mol. The molecule has 8 heteroatoms. The van der Waals surface area contributed by atoms with E-state index in [4.69, 9.17) is 0 Å². The minimum atomic E-state index is -2.53. The third-order valence-electron chi connectivity index (χ3n) is 3.28. The Labute approximate surface area is 150 Å². The Morgan fingerprint density at radius 2 is 2.04 bits per heavy atom. The third-order valence-corrected chi connectivity index (χ3v) is 4.45. The lowest BCUT2D eigenvalue weighted by Gasteiger charge is -2.24. The van der Waals surface area contributed by atoms with Crippen LogP contribution in [-0.2, 0) is 29.1 Å². The molecule has 0 radical (unpaired) electrons. The van der Waals surface area contributed by atoms with Gasteiger partial charge in [0, 0.05) is 34.4 Å². The van der Waals surface area contributed by atoms with E-state index in [9.17, 15) is 17.9 Å². The fourth-order valence-electron chi connectivity index (χ4n) is 2.11. The van der Waals surface area contributed by atoms with Crippen molar-refractivity contribution in [3.63, 3.8) is 0 Å². The van der Waals surface area contributed by atoms with Crippen LogP contribution in [0, 0.1) is 5.82 Å². The van der Waals surface area contributed by atoms with Crippen molar-refractivity contribution in [3.8, 4) is 0 Å². The van der Waals surface area contributed by atoms with Crippen LogP contribution in [0.15, 0.2) is 46.9 Å². The lowest BCUT2D eigenvalue weighted by Crippen LogP contribution is -2.25. The SMILES string of the molecule is COC(=O)c1ccc(CN(Cc2cccc(Br)c2)S(=O)[O-])c(F)c1. The largest absolute Gasteiger partial charge is 0.760 e. The normalized spacial score (nSPS) is 12.2. The first-order valence-electron chi connectivity index (χ1n) is 6.86. The Kier molecular flexibility index (Phi) is 6.61. The van der Waals surface area contributed by atoms with Gasteiger partial charge < -0.3 is 9.29 Å². The Hall–Kier alpha value is -1.61. The minimum absolute atomic E-state index is 0.0699. The number of rotatable bonds is 6. The molecule has 0 aliphatic carbocycles. The van der Waals surface area contributed by atoms with E-state index in [2.05, 4.69) is 20.7 Å². The number of hydrogen-bond donors (Lipinski definition) is 0. The highest BCUT2D eigenvalue weighted by Gasteiger charge is 2.14. The van der Waals surface area contributed by atoms with Crippen molar-refractivity contribution in [2.75, 3.05) is 7.11 Å².